The molecule has 2 N–H and O–H groups in total. The second-order valence-electron chi connectivity index (χ2n) is 6.56. The van der Waals surface area contributed by atoms with Gasteiger partial charge in [0, 0.05) is 30.5 Å². The van der Waals surface area contributed by atoms with Crippen LogP contribution < -0.4 is 10.6 Å². The topological polar surface area (TPSA) is 54.9 Å². The van der Waals surface area contributed by atoms with E-state index in [1.165, 1.54) is 10.4 Å². The molecule has 0 aliphatic carbocycles. The quantitative estimate of drug-likeness (QED) is 0.317. The molecule has 1 atom stereocenters. The summed E-state index contributed by atoms with van der Waals surface area (Å²) in [6.07, 6.45) is 0. The maximum absolute atomic E-state index is 5.66. The van der Waals surface area contributed by atoms with Crippen LogP contribution in [-0.4, -0.2) is 38.9 Å². The molecule has 2 aromatic rings. The Morgan fingerprint density at radius 2 is 1.89 bits per heavy atom. The highest BCUT2D eigenvalue weighted by Crippen LogP contribution is 2.19. The standard InChI is InChI=1S/C22H33N3O2S/c1-4-23-22(24-15-18(3)21-10-7-13-28-21)25-16-19-8-6-9-20(14-19)17-27-12-11-26-5-2/h6-10,13-14,18H,4-5,11-12,15-17H2,1-3H3,(H2,23,24,25). The summed E-state index contributed by atoms with van der Waals surface area (Å²) in [5.74, 6) is 1.31. The molecule has 0 radical (unpaired) electrons. The zero-order chi connectivity index (χ0) is 20.0. The number of guanidine groups is 1. The number of hydrogen-bond donors (Lipinski definition) is 2. The maximum Gasteiger partial charge on any atom is 0.191 e. The van der Waals surface area contributed by atoms with Gasteiger partial charge in [0.15, 0.2) is 5.96 Å². The van der Waals surface area contributed by atoms with Crippen LogP contribution in [0.25, 0.3) is 0 Å². The smallest absolute Gasteiger partial charge is 0.191 e. The van der Waals surface area contributed by atoms with E-state index in [1.54, 1.807) is 11.3 Å². The van der Waals surface area contributed by atoms with Crippen molar-refractivity contribution in [1.29, 1.82) is 0 Å². The molecule has 0 bridgehead atoms. The van der Waals surface area contributed by atoms with Crippen molar-refractivity contribution in [3.63, 3.8) is 0 Å². The fraction of sp³-hybridized carbons (Fsp3) is 0.500. The van der Waals surface area contributed by atoms with Crippen molar-refractivity contribution in [2.24, 2.45) is 4.99 Å². The average Bonchev–Trinajstić information content (AvgIpc) is 3.25. The van der Waals surface area contributed by atoms with E-state index in [1.807, 2.05) is 6.92 Å². The Morgan fingerprint density at radius 1 is 1.07 bits per heavy atom. The van der Waals surface area contributed by atoms with Gasteiger partial charge in [0.2, 0.25) is 0 Å². The molecule has 2 rings (SSSR count). The van der Waals surface area contributed by atoms with Gasteiger partial charge in [0.1, 0.15) is 0 Å². The lowest BCUT2D eigenvalue weighted by Crippen LogP contribution is -2.39. The Hall–Kier alpha value is -1.89. The Bertz CT molecular complexity index is 689. The minimum atomic E-state index is 0.459. The molecule has 0 saturated heterocycles. The van der Waals surface area contributed by atoms with Crippen molar-refractivity contribution < 1.29 is 9.47 Å². The van der Waals surface area contributed by atoms with Gasteiger partial charge in [-0.25, -0.2) is 4.99 Å². The SMILES string of the molecule is CCNC(=NCc1cccc(COCCOCC)c1)NCC(C)c1cccs1. The molecule has 1 aromatic heterocycles. The van der Waals surface area contributed by atoms with Crippen molar-refractivity contribution in [3.05, 3.63) is 57.8 Å². The Balaban J connectivity index is 1.84. The number of hydrogen-bond acceptors (Lipinski definition) is 4. The second-order valence-corrected chi connectivity index (χ2v) is 7.54. The van der Waals surface area contributed by atoms with Gasteiger partial charge < -0.3 is 20.1 Å². The van der Waals surface area contributed by atoms with Crippen molar-refractivity contribution >= 4 is 17.3 Å². The molecule has 5 nitrogen and oxygen atoms in total. The molecule has 1 aromatic carbocycles. The molecule has 1 heterocycles. The van der Waals surface area contributed by atoms with Crippen LogP contribution in [-0.2, 0) is 22.6 Å². The predicted octanol–water partition coefficient (Wildman–Crippen LogP) is 4.16. The van der Waals surface area contributed by atoms with Crippen LogP contribution in [0.5, 0.6) is 0 Å². The number of rotatable bonds is 12. The lowest BCUT2D eigenvalue weighted by molar-refractivity contribution is 0.0453. The van der Waals surface area contributed by atoms with Gasteiger partial charge in [0.25, 0.3) is 0 Å². The van der Waals surface area contributed by atoms with Crippen molar-refractivity contribution in [2.45, 2.75) is 39.8 Å². The Morgan fingerprint density at radius 3 is 2.64 bits per heavy atom. The number of aliphatic imine (C=N–C) groups is 1. The van der Waals surface area contributed by atoms with Gasteiger partial charge in [0.05, 0.1) is 26.4 Å². The monoisotopic (exact) mass is 403 g/mol. The molecule has 154 valence electrons. The van der Waals surface area contributed by atoms with Crippen molar-refractivity contribution in [3.8, 4) is 0 Å². The molecule has 0 fully saturated rings. The summed E-state index contributed by atoms with van der Waals surface area (Å²) in [4.78, 5) is 6.13. The minimum Gasteiger partial charge on any atom is -0.379 e. The predicted molar refractivity (Wildman–Crippen MR) is 118 cm³/mol. The van der Waals surface area contributed by atoms with E-state index < -0.39 is 0 Å². The summed E-state index contributed by atoms with van der Waals surface area (Å²) in [6, 6.07) is 12.7. The first kappa shape index (κ1) is 22.4. The third-order valence-corrected chi connectivity index (χ3v) is 5.31. The maximum atomic E-state index is 5.66. The highest BCUT2D eigenvalue weighted by Gasteiger charge is 2.07. The van der Waals surface area contributed by atoms with Crippen LogP contribution in [0.3, 0.4) is 0 Å². The number of benzene rings is 1. The van der Waals surface area contributed by atoms with Crippen molar-refractivity contribution in [1.82, 2.24) is 10.6 Å². The largest absolute Gasteiger partial charge is 0.379 e. The number of ether oxygens (including phenoxy) is 2. The molecule has 28 heavy (non-hydrogen) atoms. The summed E-state index contributed by atoms with van der Waals surface area (Å²) < 4.78 is 10.9. The highest BCUT2D eigenvalue weighted by molar-refractivity contribution is 7.10. The molecule has 1 unspecified atom stereocenters. The molecule has 6 heteroatoms. The minimum absolute atomic E-state index is 0.459. The zero-order valence-electron chi connectivity index (χ0n) is 17.2. The van der Waals surface area contributed by atoms with E-state index >= 15 is 0 Å². The third kappa shape index (κ3) is 8.42. The lowest BCUT2D eigenvalue weighted by atomic mass is 10.1. The van der Waals surface area contributed by atoms with Crippen LogP contribution in [0.2, 0.25) is 0 Å². The highest BCUT2D eigenvalue weighted by atomic mass is 32.1. The van der Waals surface area contributed by atoms with Crippen LogP contribution in [0.4, 0.5) is 0 Å². The molecule has 0 saturated carbocycles. The average molecular weight is 404 g/mol. The van der Waals surface area contributed by atoms with Gasteiger partial charge in [-0.2, -0.15) is 0 Å². The van der Waals surface area contributed by atoms with Gasteiger partial charge in [-0.3, -0.25) is 0 Å². The summed E-state index contributed by atoms with van der Waals surface area (Å²) >= 11 is 1.80. The third-order valence-electron chi connectivity index (χ3n) is 4.20. The Kier molecular flexibility index (Phi) is 10.7. The van der Waals surface area contributed by atoms with Crippen LogP contribution in [0.1, 0.15) is 42.7 Å². The first-order valence-corrected chi connectivity index (χ1v) is 10.9. The zero-order valence-corrected chi connectivity index (χ0v) is 18.1. The van der Waals surface area contributed by atoms with Crippen molar-refractivity contribution in [2.75, 3.05) is 32.9 Å². The van der Waals surface area contributed by atoms with E-state index in [2.05, 4.69) is 66.3 Å². The van der Waals surface area contributed by atoms with Gasteiger partial charge in [-0.05, 0) is 36.4 Å². The molecule has 0 aliphatic rings. The summed E-state index contributed by atoms with van der Waals surface area (Å²) in [5, 5.41) is 8.90. The van der Waals surface area contributed by atoms with E-state index in [0.717, 1.165) is 31.2 Å². The van der Waals surface area contributed by atoms with E-state index in [4.69, 9.17) is 14.5 Å². The lowest BCUT2D eigenvalue weighted by Gasteiger charge is -2.15. The van der Waals surface area contributed by atoms with E-state index in [-0.39, 0.29) is 0 Å². The normalized spacial score (nSPS) is 12.8. The summed E-state index contributed by atoms with van der Waals surface area (Å²) in [6.45, 7) is 11.2. The number of nitrogens with one attached hydrogen (secondary N) is 2. The fourth-order valence-corrected chi connectivity index (χ4v) is 3.49. The summed E-state index contributed by atoms with van der Waals surface area (Å²) in [5.41, 5.74) is 2.34. The van der Waals surface area contributed by atoms with E-state index in [0.29, 0.717) is 32.3 Å². The van der Waals surface area contributed by atoms with Gasteiger partial charge in [-0.1, -0.05) is 37.3 Å². The molecular formula is C22H33N3O2S. The first-order valence-electron chi connectivity index (χ1n) is 10.0. The number of nitrogens with zero attached hydrogens (tertiary/aromatic N) is 1. The van der Waals surface area contributed by atoms with Gasteiger partial charge >= 0.3 is 0 Å². The fourth-order valence-electron chi connectivity index (χ4n) is 2.70. The molecular weight excluding hydrogens is 370 g/mol. The second kappa shape index (κ2) is 13.3. The Labute approximate surface area is 173 Å². The van der Waals surface area contributed by atoms with E-state index in [9.17, 15) is 0 Å². The first-order chi connectivity index (χ1) is 13.7. The molecule has 0 aliphatic heterocycles. The molecule has 0 amide bonds. The number of thiophene rings is 1. The van der Waals surface area contributed by atoms with Gasteiger partial charge in [-0.15, -0.1) is 11.3 Å². The molecule has 0 spiro atoms. The van der Waals surface area contributed by atoms with Crippen LogP contribution in [0, 0.1) is 0 Å². The summed E-state index contributed by atoms with van der Waals surface area (Å²) in [7, 11) is 0. The van der Waals surface area contributed by atoms with Crippen LogP contribution in [0.15, 0.2) is 46.8 Å². The van der Waals surface area contributed by atoms with Crippen LogP contribution >= 0.6 is 11.3 Å².